The summed E-state index contributed by atoms with van der Waals surface area (Å²) in [6.45, 7) is 2.75. The van der Waals surface area contributed by atoms with Crippen molar-refractivity contribution in [2.24, 2.45) is 0 Å². The Bertz CT molecular complexity index is 1470. The normalized spacial score (nSPS) is 10.9. The number of esters is 1. The van der Waals surface area contributed by atoms with Crippen molar-refractivity contribution in [2.45, 2.75) is 13.3 Å². The Balaban J connectivity index is 1.44. The van der Waals surface area contributed by atoms with Crippen LogP contribution < -0.4 is 5.32 Å². The van der Waals surface area contributed by atoms with Gasteiger partial charge in [0.25, 0.3) is 0 Å². The van der Waals surface area contributed by atoms with Crippen LogP contribution in [0.15, 0.2) is 79.4 Å². The predicted molar refractivity (Wildman–Crippen MR) is 135 cm³/mol. The van der Waals surface area contributed by atoms with Gasteiger partial charge in [0.1, 0.15) is 11.5 Å². The molecule has 0 fully saturated rings. The van der Waals surface area contributed by atoms with Gasteiger partial charge in [0.2, 0.25) is 0 Å². The number of aromatic nitrogens is 5. The van der Waals surface area contributed by atoms with E-state index in [1.807, 2.05) is 42.6 Å². The molecule has 0 radical (unpaired) electrons. The van der Waals surface area contributed by atoms with Gasteiger partial charge in [0, 0.05) is 53.9 Å². The second-order valence-electron chi connectivity index (χ2n) is 7.90. The van der Waals surface area contributed by atoms with Gasteiger partial charge in [-0.3, -0.25) is 9.97 Å². The maximum atomic E-state index is 12.2. The Morgan fingerprint density at radius 3 is 2.77 bits per heavy atom. The van der Waals surface area contributed by atoms with Gasteiger partial charge in [-0.25, -0.2) is 14.8 Å². The highest BCUT2D eigenvalue weighted by molar-refractivity contribution is 5.90. The second-order valence-corrected chi connectivity index (χ2v) is 7.90. The van der Waals surface area contributed by atoms with E-state index in [1.165, 1.54) is 17.1 Å². The molecule has 0 aliphatic heterocycles. The Labute approximate surface area is 202 Å². The largest absolute Gasteiger partial charge is 0.462 e. The molecule has 8 nitrogen and oxygen atoms in total. The predicted octanol–water partition coefficient (Wildman–Crippen LogP) is 4.91. The number of fused-ring (bicyclic) bond motifs is 1. The van der Waals surface area contributed by atoms with Crippen molar-refractivity contribution >= 4 is 22.7 Å². The van der Waals surface area contributed by atoms with Crippen LogP contribution in [0.4, 0.5) is 5.82 Å². The molecule has 35 heavy (non-hydrogen) atoms. The molecule has 5 rings (SSSR count). The van der Waals surface area contributed by atoms with Crippen LogP contribution in [-0.2, 0) is 11.2 Å². The van der Waals surface area contributed by atoms with E-state index in [0.717, 1.165) is 11.9 Å². The first-order valence-electron chi connectivity index (χ1n) is 11.4. The van der Waals surface area contributed by atoms with Crippen LogP contribution in [0.2, 0.25) is 0 Å². The van der Waals surface area contributed by atoms with Gasteiger partial charge < -0.3 is 15.0 Å². The molecular weight excluding hydrogens is 440 g/mol. The summed E-state index contributed by atoms with van der Waals surface area (Å²) in [4.78, 5) is 33.6. The number of ether oxygens (including phenoxy) is 1. The minimum atomic E-state index is -0.419. The molecule has 0 unspecified atom stereocenters. The summed E-state index contributed by atoms with van der Waals surface area (Å²) in [6.07, 6.45) is 7.73. The van der Waals surface area contributed by atoms with Gasteiger partial charge in [0.05, 0.1) is 17.9 Å². The quantitative estimate of drug-likeness (QED) is 0.314. The van der Waals surface area contributed by atoms with E-state index in [4.69, 9.17) is 14.7 Å². The lowest BCUT2D eigenvalue weighted by atomic mass is 10.1. The van der Waals surface area contributed by atoms with Gasteiger partial charge in [-0.05, 0) is 43.2 Å². The number of anilines is 1. The molecule has 1 aromatic carbocycles. The Morgan fingerprint density at radius 1 is 1.03 bits per heavy atom. The lowest BCUT2D eigenvalue weighted by molar-refractivity contribution is 0.0526. The SMILES string of the molecule is CCOC(=O)c1cncc(-c2cc(NCCc3c[nH]c4ccccc34)nc(-c3ccccn3)n2)c1. The number of benzene rings is 1. The minimum Gasteiger partial charge on any atom is -0.462 e. The summed E-state index contributed by atoms with van der Waals surface area (Å²) in [5.74, 6) is 0.731. The van der Waals surface area contributed by atoms with E-state index in [-0.39, 0.29) is 0 Å². The summed E-state index contributed by atoms with van der Waals surface area (Å²) in [5, 5.41) is 4.64. The number of aromatic amines is 1. The zero-order chi connectivity index (χ0) is 24.0. The summed E-state index contributed by atoms with van der Waals surface area (Å²) in [5.41, 5.74) is 4.71. The van der Waals surface area contributed by atoms with Crippen molar-refractivity contribution in [3.8, 4) is 22.8 Å². The van der Waals surface area contributed by atoms with Crippen molar-refractivity contribution in [2.75, 3.05) is 18.5 Å². The van der Waals surface area contributed by atoms with Crippen molar-refractivity contribution < 1.29 is 9.53 Å². The zero-order valence-electron chi connectivity index (χ0n) is 19.2. The fourth-order valence-electron chi connectivity index (χ4n) is 3.87. The molecule has 0 aliphatic rings. The van der Waals surface area contributed by atoms with Gasteiger partial charge in [0.15, 0.2) is 5.82 Å². The standard InChI is InChI=1S/C27H24N6O2/c1-2-35-27(34)20-13-19(15-28-16-20)24-14-25(33-26(32-24)23-9-5-6-11-29-23)30-12-10-18-17-31-22-8-4-3-7-21(18)22/h3-9,11,13-17,31H,2,10,12H2,1H3,(H,30,32,33). The molecule has 0 amide bonds. The van der Waals surface area contributed by atoms with E-state index < -0.39 is 5.97 Å². The maximum Gasteiger partial charge on any atom is 0.339 e. The highest BCUT2D eigenvalue weighted by Gasteiger charge is 2.13. The molecule has 4 heterocycles. The third-order valence-electron chi connectivity index (χ3n) is 5.54. The van der Waals surface area contributed by atoms with Crippen LogP contribution in [0.5, 0.6) is 0 Å². The van der Waals surface area contributed by atoms with Crippen LogP contribution in [0, 0.1) is 0 Å². The first-order valence-corrected chi connectivity index (χ1v) is 11.4. The first kappa shape index (κ1) is 22.2. The molecule has 8 heteroatoms. The number of hydrogen-bond donors (Lipinski definition) is 2. The number of rotatable bonds is 8. The molecule has 0 bridgehead atoms. The van der Waals surface area contributed by atoms with Crippen molar-refractivity contribution in [3.05, 3.63) is 90.5 Å². The third kappa shape index (κ3) is 5.01. The van der Waals surface area contributed by atoms with Crippen LogP contribution in [0.25, 0.3) is 33.7 Å². The van der Waals surface area contributed by atoms with Crippen molar-refractivity contribution in [1.82, 2.24) is 24.9 Å². The fraction of sp³-hybridized carbons (Fsp3) is 0.148. The number of H-pyrrole nitrogens is 1. The molecule has 0 saturated heterocycles. The molecule has 0 atom stereocenters. The number of carbonyl (C=O) groups is 1. The number of nitrogens with one attached hydrogen (secondary N) is 2. The van der Waals surface area contributed by atoms with Crippen LogP contribution in [0.1, 0.15) is 22.8 Å². The average molecular weight is 465 g/mol. The smallest absolute Gasteiger partial charge is 0.339 e. The van der Waals surface area contributed by atoms with Gasteiger partial charge in [-0.1, -0.05) is 24.3 Å². The van der Waals surface area contributed by atoms with E-state index in [1.54, 1.807) is 25.4 Å². The Hall–Kier alpha value is -4.59. The van der Waals surface area contributed by atoms with Crippen LogP contribution in [-0.4, -0.2) is 44.0 Å². The molecule has 0 aliphatic carbocycles. The van der Waals surface area contributed by atoms with Gasteiger partial charge >= 0.3 is 5.97 Å². The lowest BCUT2D eigenvalue weighted by Gasteiger charge is -2.11. The third-order valence-corrected chi connectivity index (χ3v) is 5.54. The van der Waals surface area contributed by atoms with Crippen molar-refractivity contribution in [3.63, 3.8) is 0 Å². The van der Waals surface area contributed by atoms with Gasteiger partial charge in [-0.15, -0.1) is 0 Å². The summed E-state index contributed by atoms with van der Waals surface area (Å²) in [7, 11) is 0. The fourth-order valence-corrected chi connectivity index (χ4v) is 3.87. The van der Waals surface area contributed by atoms with Gasteiger partial charge in [-0.2, -0.15) is 0 Å². The van der Waals surface area contributed by atoms with Crippen molar-refractivity contribution in [1.29, 1.82) is 0 Å². The number of pyridine rings is 2. The molecule has 4 aromatic heterocycles. The minimum absolute atomic E-state index is 0.297. The Morgan fingerprint density at radius 2 is 1.91 bits per heavy atom. The molecule has 2 N–H and O–H groups in total. The van der Waals surface area contributed by atoms with Crippen LogP contribution >= 0.6 is 0 Å². The molecule has 174 valence electrons. The topological polar surface area (TPSA) is 106 Å². The van der Waals surface area contributed by atoms with E-state index >= 15 is 0 Å². The monoisotopic (exact) mass is 464 g/mol. The molecular formula is C27H24N6O2. The highest BCUT2D eigenvalue weighted by atomic mass is 16.5. The second kappa shape index (κ2) is 10.1. The molecule has 0 saturated carbocycles. The summed E-state index contributed by atoms with van der Waals surface area (Å²) < 4.78 is 5.12. The number of hydrogen-bond acceptors (Lipinski definition) is 7. The lowest BCUT2D eigenvalue weighted by Crippen LogP contribution is -2.08. The van der Waals surface area contributed by atoms with E-state index in [2.05, 4.69) is 32.4 Å². The number of nitrogens with zero attached hydrogens (tertiary/aromatic N) is 4. The molecule has 0 spiro atoms. The van der Waals surface area contributed by atoms with E-state index in [9.17, 15) is 4.79 Å². The average Bonchev–Trinajstić information content (AvgIpc) is 3.32. The zero-order valence-corrected chi connectivity index (χ0v) is 19.2. The van der Waals surface area contributed by atoms with Crippen LogP contribution in [0.3, 0.4) is 0 Å². The summed E-state index contributed by atoms with van der Waals surface area (Å²) in [6, 6.07) is 17.4. The maximum absolute atomic E-state index is 12.2. The number of para-hydroxylation sites is 1. The van der Waals surface area contributed by atoms with E-state index in [0.29, 0.717) is 47.3 Å². The highest BCUT2D eigenvalue weighted by Crippen LogP contribution is 2.24. The first-order chi connectivity index (χ1) is 17.2. The molecule has 5 aromatic rings. The summed E-state index contributed by atoms with van der Waals surface area (Å²) >= 11 is 0. The number of carbonyl (C=O) groups excluding carboxylic acids is 1. The Kier molecular flexibility index (Phi) is 6.43.